The first-order valence-corrected chi connectivity index (χ1v) is 9.03. The summed E-state index contributed by atoms with van der Waals surface area (Å²) in [7, 11) is 0. The van der Waals surface area contributed by atoms with Gasteiger partial charge in [0.25, 0.3) is 0 Å². The summed E-state index contributed by atoms with van der Waals surface area (Å²) in [6.07, 6.45) is 1.07. The number of ether oxygens (including phenoxy) is 1. The molecule has 1 atom stereocenters. The average Bonchev–Trinajstić information content (AvgIpc) is 3.18. The Morgan fingerprint density at radius 3 is 2.64 bits per heavy atom. The van der Waals surface area contributed by atoms with E-state index in [1.807, 2.05) is 0 Å². The molecule has 0 aliphatic carbocycles. The number of rotatable bonds is 6. The molecule has 1 aromatic carbocycles. The van der Waals surface area contributed by atoms with Crippen LogP contribution in [-0.2, 0) is 14.3 Å². The molecule has 158 valence electrons. The summed E-state index contributed by atoms with van der Waals surface area (Å²) >= 11 is 0. The smallest absolute Gasteiger partial charge is 0.228 e. The van der Waals surface area contributed by atoms with Crippen LogP contribution in [0.1, 0.15) is 12.8 Å². The van der Waals surface area contributed by atoms with E-state index in [1.54, 1.807) is 0 Å². The Labute approximate surface area is 176 Å². The third kappa shape index (κ3) is 7.18. The van der Waals surface area contributed by atoms with E-state index in [9.17, 15) is 14.0 Å². The van der Waals surface area contributed by atoms with Gasteiger partial charge in [-0.25, -0.2) is 4.39 Å². The lowest BCUT2D eigenvalue weighted by Crippen LogP contribution is -2.38. The predicted octanol–water partition coefficient (Wildman–Crippen LogP) is 1.88. The molecule has 28 heavy (non-hydrogen) atoms. The Morgan fingerprint density at radius 1 is 1.21 bits per heavy atom. The summed E-state index contributed by atoms with van der Waals surface area (Å²) in [5, 5.41) is 8.52. The van der Waals surface area contributed by atoms with E-state index in [2.05, 4.69) is 20.9 Å². The van der Waals surface area contributed by atoms with Crippen LogP contribution in [0.5, 0.6) is 0 Å². The number of morpholine rings is 1. The molecule has 7 nitrogen and oxygen atoms in total. The molecule has 0 radical (unpaired) electrons. The van der Waals surface area contributed by atoms with E-state index in [-0.39, 0.29) is 54.7 Å². The number of nitrogens with zero attached hydrogens (tertiary/aromatic N) is 1. The first kappa shape index (κ1) is 24.6. The SMILES string of the molecule is Cl.Cl.O=C(CCN1CCOCC1)Nc1cc(NC(=O)C2CCNC2)ccc1F. The molecule has 2 amide bonds. The van der Waals surface area contributed by atoms with Gasteiger partial charge in [0.15, 0.2) is 0 Å². The highest BCUT2D eigenvalue weighted by atomic mass is 35.5. The molecule has 1 unspecified atom stereocenters. The molecule has 3 rings (SSSR count). The molecule has 0 bridgehead atoms. The Balaban J connectivity index is 0.00000196. The topological polar surface area (TPSA) is 82.7 Å². The number of hydrogen-bond acceptors (Lipinski definition) is 5. The standard InChI is InChI=1S/C18H25FN4O3.2ClH/c19-15-2-1-14(21-18(25)13-3-5-20-12-13)11-16(15)22-17(24)4-6-23-7-9-26-10-8-23;;/h1-2,11,13,20H,3-10,12H2,(H,21,25)(H,22,24);2*1H. The Kier molecular flexibility index (Phi) is 10.7. The number of amides is 2. The van der Waals surface area contributed by atoms with Gasteiger partial charge >= 0.3 is 0 Å². The number of benzene rings is 1. The Bertz CT molecular complexity index is 654. The number of hydrogen-bond donors (Lipinski definition) is 3. The minimum Gasteiger partial charge on any atom is -0.379 e. The summed E-state index contributed by atoms with van der Waals surface area (Å²) in [5.41, 5.74) is 0.561. The van der Waals surface area contributed by atoms with Crippen molar-refractivity contribution in [3.05, 3.63) is 24.0 Å². The summed E-state index contributed by atoms with van der Waals surface area (Å²) in [6.45, 7) is 5.05. The van der Waals surface area contributed by atoms with Crippen molar-refractivity contribution in [2.75, 3.05) is 56.6 Å². The van der Waals surface area contributed by atoms with E-state index in [4.69, 9.17) is 4.74 Å². The molecule has 2 aliphatic heterocycles. The fourth-order valence-electron chi connectivity index (χ4n) is 3.12. The van der Waals surface area contributed by atoms with Crippen LogP contribution < -0.4 is 16.0 Å². The average molecular weight is 437 g/mol. The molecule has 1 aromatic rings. The van der Waals surface area contributed by atoms with Gasteiger partial charge < -0.3 is 20.7 Å². The van der Waals surface area contributed by atoms with Gasteiger partial charge in [-0.2, -0.15) is 0 Å². The maximum absolute atomic E-state index is 14.0. The van der Waals surface area contributed by atoms with Crippen LogP contribution in [0.25, 0.3) is 0 Å². The van der Waals surface area contributed by atoms with Gasteiger partial charge in [0.05, 0.1) is 24.8 Å². The summed E-state index contributed by atoms with van der Waals surface area (Å²) in [5.74, 6) is -0.943. The van der Waals surface area contributed by atoms with Crippen molar-refractivity contribution in [3.8, 4) is 0 Å². The van der Waals surface area contributed by atoms with Crippen LogP contribution >= 0.6 is 24.8 Å². The van der Waals surface area contributed by atoms with Crippen LogP contribution in [0.2, 0.25) is 0 Å². The third-order valence-electron chi connectivity index (χ3n) is 4.70. The molecule has 0 spiro atoms. The molecule has 10 heteroatoms. The van der Waals surface area contributed by atoms with Crippen LogP contribution in [0, 0.1) is 11.7 Å². The number of nitrogens with one attached hydrogen (secondary N) is 3. The lowest BCUT2D eigenvalue weighted by atomic mass is 10.1. The van der Waals surface area contributed by atoms with Crippen molar-refractivity contribution in [2.24, 2.45) is 5.92 Å². The zero-order valence-corrected chi connectivity index (χ0v) is 17.2. The van der Waals surface area contributed by atoms with Crippen molar-refractivity contribution in [3.63, 3.8) is 0 Å². The molecule has 2 fully saturated rings. The maximum atomic E-state index is 14.0. The second-order valence-electron chi connectivity index (χ2n) is 6.63. The molecular weight excluding hydrogens is 410 g/mol. The van der Waals surface area contributed by atoms with Gasteiger partial charge in [-0.15, -0.1) is 24.8 Å². The molecule has 3 N–H and O–H groups in total. The van der Waals surface area contributed by atoms with Crippen molar-refractivity contribution < 1.29 is 18.7 Å². The number of carbonyl (C=O) groups is 2. The van der Waals surface area contributed by atoms with E-state index in [1.165, 1.54) is 18.2 Å². The summed E-state index contributed by atoms with van der Waals surface area (Å²) in [4.78, 5) is 26.4. The van der Waals surface area contributed by atoms with Crippen LogP contribution in [0.4, 0.5) is 15.8 Å². The van der Waals surface area contributed by atoms with Crippen LogP contribution in [0.3, 0.4) is 0 Å². The van der Waals surface area contributed by atoms with Gasteiger partial charge in [-0.05, 0) is 31.2 Å². The van der Waals surface area contributed by atoms with Crippen LogP contribution in [0.15, 0.2) is 18.2 Å². The van der Waals surface area contributed by atoms with E-state index in [0.29, 0.717) is 32.0 Å². The van der Waals surface area contributed by atoms with Gasteiger partial charge in [0.1, 0.15) is 5.82 Å². The predicted molar refractivity (Wildman–Crippen MR) is 111 cm³/mol. The lowest BCUT2D eigenvalue weighted by Gasteiger charge is -2.26. The fourth-order valence-corrected chi connectivity index (χ4v) is 3.12. The zero-order valence-electron chi connectivity index (χ0n) is 15.5. The lowest BCUT2D eigenvalue weighted by molar-refractivity contribution is -0.119. The van der Waals surface area contributed by atoms with Crippen molar-refractivity contribution >= 4 is 48.0 Å². The second-order valence-corrected chi connectivity index (χ2v) is 6.63. The quantitative estimate of drug-likeness (QED) is 0.633. The fraction of sp³-hybridized carbons (Fsp3) is 0.556. The number of halogens is 3. The Morgan fingerprint density at radius 2 is 1.96 bits per heavy atom. The minimum atomic E-state index is -0.523. The minimum absolute atomic E-state index is 0. The molecule has 0 saturated carbocycles. The molecular formula is C18H27Cl2FN4O3. The van der Waals surface area contributed by atoms with Gasteiger partial charge in [-0.3, -0.25) is 14.5 Å². The normalized spacial score (nSPS) is 19.2. The highest BCUT2D eigenvalue weighted by molar-refractivity contribution is 5.95. The van der Waals surface area contributed by atoms with E-state index in [0.717, 1.165) is 26.1 Å². The monoisotopic (exact) mass is 436 g/mol. The first-order chi connectivity index (χ1) is 12.6. The largest absolute Gasteiger partial charge is 0.379 e. The molecule has 0 aromatic heterocycles. The van der Waals surface area contributed by atoms with Gasteiger partial charge in [-0.1, -0.05) is 0 Å². The molecule has 2 aliphatic rings. The van der Waals surface area contributed by atoms with Crippen molar-refractivity contribution in [1.82, 2.24) is 10.2 Å². The Hall–Kier alpha value is -1.45. The van der Waals surface area contributed by atoms with Gasteiger partial charge in [0.2, 0.25) is 11.8 Å². The van der Waals surface area contributed by atoms with Crippen molar-refractivity contribution in [2.45, 2.75) is 12.8 Å². The van der Waals surface area contributed by atoms with Gasteiger partial charge in [0, 0.05) is 38.3 Å². The summed E-state index contributed by atoms with van der Waals surface area (Å²) in [6, 6.07) is 4.21. The number of carbonyl (C=O) groups excluding carboxylic acids is 2. The van der Waals surface area contributed by atoms with Crippen LogP contribution in [-0.4, -0.2) is 62.7 Å². The van der Waals surface area contributed by atoms with E-state index >= 15 is 0 Å². The van der Waals surface area contributed by atoms with Crippen molar-refractivity contribution in [1.29, 1.82) is 0 Å². The highest BCUT2D eigenvalue weighted by Gasteiger charge is 2.22. The molecule has 2 saturated heterocycles. The maximum Gasteiger partial charge on any atom is 0.228 e. The summed E-state index contributed by atoms with van der Waals surface area (Å²) < 4.78 is 19.3. The highest BCUT2D eigenvalue weighted by Crippen LogP contribution is 2.21. The second kappa shape index (κ2) is 12.2. The first-order valence-electron chi connectivity index (χ1n) is 9.03. The van der Waals surface area contributed by atoms with E-state index < -0.39 is 5.82 Å². The third-order valence-corrected chi connectivity index (χ3v) is 4.70. The zero-order chi connectivity index (χ0) is 18.4. The number of anilines is 2. The molecule has 2 heterocycles.